The Morgan fingerprint density at radius 3 is 1.11 bits per heavy atom. The molecule has 0 fully saturated rings. The van der Waals surface area contributed by atoms with Crippen molar-refractivity contribution in [1.29, 1.82) is 0 Å². The smallest absolute Gasteiger partial charge is 0.255 e. The zero-order valence-electron chi connectivity index (χ0n) is 74.8. The number of aromatic nitrogens is 15. The van der Waals surface area contributed by atoms with Crippen molar-refractivity contribution in [2.45, 2.75) is 104 Å². The molecule has 0 unspecified atom stereocenters. The molecule has 25 rings (SSSR count). The number of para-hydroxylation sites is 5. The number of pyridine rings is 10. The quantitative estimate of drug-likeness (QED) is 0.111. The summed E-state index contributed by atoms with van der Waals surface area (Å²) in [6.07, 6.45) is 9.62. The third-order valence-corrected chi connectivity index (χ3v) is 27.1. The molecular weight excluding hydrogens is 1530 g/mol. The molecule has 0 amide bonds. The van der Waals surface area contributed by atoms with E-state index in [4.69, 9.17) is 24.9 Å². The predicted octanol–water partition coefficient (Wildman–Crippen LogP) is 22.7. The maximum absolute atomic E-state index is 4.81. The van der Waals surface area contributed by atoms with Gasteiger partial charge in [0.05, 0.1) is 111 Å². The van der Waals surface area contributed by atoms with Crippen LogP contribution in [0.15, 0.2) is 243 Å². The first-order chi connectivity index (χ1) is 60.4. The molecule has 125 heavy (non-hydrogen) atoms. The molecule has 0 aliphatic carbocycles. The molecule has 15 heteroatoms. The average molecular weight is 1630 g/mol. The van der Waals surface area contributed by atoms with E-state index in [1.54, 1.807) is 0 Å². The molecular formula is C110H100N15+5. The van der Waals surface area contributed by atoms with E-state index in [0.717, 1.165) is 27.6 Å². The Morgan fingerprint density at radius 2 is 0.560 bits per heavy atom. The van der Waals surface area contributed by atoms with E-state index in [-0.39, 0.29) is 0 Å². The van der Waals surface area contributed by atoms with Crippen molar-refractivity contribution < 1.29 is 22.7 Å². The van der Waals surface area contributed by atoms with Gasteiger partial charge in [0.25, 0.3) is 28.2 Å². The molecule has 0 saturated carbocycles. The van der Waals surface area contributed by atoms with Crippen molar-refractivity contribution in [3.63, 3.8) is 0 Å². The second kappa shape index (κ2) is 29.0. The summed E-state index contributed by atoms with van der Waals surface area (Å²) in [5.74, 6) is 0. The summed E-state index contributed by atoms with van der Waals surface area (Å²) in [6.45, 7) is 32.6. The maximum Gasteiger partial charge on any atom is 0.297 e. The Labute approximate surface area is 723 Å². The first kappa shape index (κ1) is 77.6. The number of aryl methyl sites for hydroxylation is 20. The SMILES string of the molecule is Cc1cc2c3nccc(C)c3c3n(c2cc1C)c1ccccc1[n+]3C.Cc1ccc(C)c2c1c1nccc(C)c1c1n2c2ccccc2[n+]1C.Cc1ccc2c(c1)n(C)c1c3c(C)ccnc3c3c(C)cccc3[n+]21.Cc1ccc2c(c1)n1c3cccc(C)c3c3nccc(C)c3c1[n+]2C.Cc1cccc2c1c1nccc(C)c1c1n2c2c(C)cccc2[n+]1C. The number of hydrogen-bond acceptors (Lipinski definition) is 5. The van der Waals surface area contributed by atoms with E-state index in [9.17, 15) is 0 Å². The summed E-state index contributed by atoms with van der Waals surface area (Å²) >= 11 is 0. The van der Waals surface area contributed by atoms with Crippen LogP contribution in [0.4, 0.5) is 0 Å². The van der Waals surface area contributed by atoms with Gasteiger partial charge in [0.1, 0.15) is 27.6 Å². The summed E-state index contributed by atoms with van der Waals surface area (Å²) in [7, 11) is 10.8. The van der Waals surface area contributed by atoms with Crippen molar-refractivity contribution in [3.05, 3.63) is 327 Å². The molecule has 0 aliphatic rings. The lowest BCUT2D eigenvalue weighted by Gasteiger charge is -2.10. The minimum atomic E-state index is 1.09. The highest BCUT2D eigenvalue weighted by Gasteiger charge is 2.33. The lowest BCUT2D eigenvalue weighted by atomic mass is 10.0. The molecule has 0 bridgehead atoms. The van der Waals surface area contributed by atoms with Gasteiger partial charge < -0.3 is 0 Å². The summed E-state index contributed by atoms with van der Waals surface area (Å²) < 4.78 is 23.5. The number of rotatable bonds is 0. The molecule has 15 heterocycles. The summed E-state index contributed by atoms with van der Waals surface area (Å²) in [5, 5.41) is 12.4. The van der Waals surface area contributed by atoms with Crippen molar-refractivity contribution in [2.75, 3.05) is 0 Å². The van der Waals surface area contributed by atoms with E-state index in [0.29, 0.717) is 0 Å². The zero-order chi connectivity index (χ0) is 86.5. The van der Waals surface area contributed by atoms with Gasteiger partial charge in [-0.1, -0.05) is 97.1 Å². The summed E-state index contributed by atoms with van der Waals surface area (Å²) in [4.78, 5) is 23.9. The molecule has 10 aromatic carbocycles. The summed E-state index contributed by atoms with van der Waals surface area (Å²) in [5.41, 5.74) is 49.2. The molecule has 15 aromatic heterocycles. The Hall–Kier alpha value is -14.7. The lowest BCUT2D eigenvalue weighted by Crippen LogP contribution is -2.27. The number of nitrogens with zero attached hydrogens (tertiary/aromatic N) is 15. The van der Waals surface area contributed by atoms with Gasteiger partial charge in [0, 0.05) is 41.9 Å². The molecule has 0 N–H and O–H groups in total. The fraction of sp³-hybridized carbons (Fsp3) is 0.182. The number of imidazole rings is 5. The van der Waals surface area contributed by atoms with Gasteiger partial charge >= 0.3 is 0 Å². The first-order valence-electron chi connectivity index (χ1n) is 43.3. The molecule has 0 spiro atoms. The van der Waals surface area contributed by atoms with Gasteiger partial charge in [-0.3, -0.25) is 24.9 Å². The number of fused-ring (bicyclic) bond motifs is 40. The third kappa shape index (κ3) is 11.4. The fourth-order valence-electron chi connectivity index (χ4n) is 20.9. The highest BCUT2D eigenvalue weighted by Crippen LogP contribution is 2.41. The van der Waals surface area contributed by atoms with Gasteiger partial charge in [0.15, 0.2) is 55.2 Å². The predicted molar refractivity (Wildman–Crippen MR) is 515 cm³/mol. The minimum Gasteiger partial charge on any atom is -0.255 e. The highest BCUT2D eigenvalue weighted by atomic mass is 15.2. The minimum absolute atomic E-state index is 1.09. The summed E-state index contributed by atoms with van der Waals surface area (Å²) in [6, 6.07) is 76.2. The van der Waals surface area contributed by atoms with Crippen molar-refractivity contribution >= 4 is 192 Å². The number of benzene rings is 10. The molecule has 610 valence electrons. The van der Waals surface area contributed by atoms with Gasteiger partial charge in [-0.2, -0.15) is 22.0 Å². The van der Waals surface area contributed by atoms with Crippen LogP contribution in [-0.4, -0.2) is 47.1 Å². The van der Waals surface area contributed by atoms with Crippen LogP contribution in [0.5, 0.6) is 0 Å². The van der Waals surface area contributed by atoms with E-state index in [2.05, 4.69) is 396 Å². The first-order valence-corrected chi connectivity index (χ1v) is 43.3. The van der Waals surface area contributed by atoms with Crippen LogP contribution >= 0.6 is 0 Å². The Bertz CT molecular complexity index is 8990. The normalized spacial score (nSPS) is 12.0. The van der Waals surface area contributed by atoms with Gasteiger partial charge in [-0.25, -0.2) is 22.8 Å². The Morgan fingerprint density at radius 1 is 0.216 bits per heavy atom. The second-order valence-electron chi connectivity index (χ2n) is 35.0. The topological polar surface area (TPSA) is 107 Å². The monoisotopic (exact) mass is 1630 g/mol. The van der Waals surface area contributed by atoms with E-state index in [1.165, 1.54) is 248 Å². The van der Waals surface area contributed by atoms with E-state index in [1.807, 2.05) is 31.0 Å². The third-order valence-electron chi connectivity index (χ3n) is 27.1. The van der Waals surface area contributed by atoms with Crippen LogP contribution in [0.3, 0.4) is 0 Å². The molecule has 0 radical (unpaired) electrons. The second-order valence-corrected chi connectivity index (χ2v) is 35.0. The van der Waals surface area contributed by atoms with Crippen LogP contribution in [0.1, 0.15) is 83.5 Å². The largest absolute Gasteiger partial charge is 0.297 e. The van der Waals surface area contributed by atoms with Crippen LogP contribution in [0, 0.1) is 104 Å². The van der Waals surface area contributed by atoms with E-state index >= 15 is 0 Å². The van der Waals surface area contributed by atoms with E-state index < -0.39 is 0 Å². The molecule has 15 nitrogen and oxygen atoms in total. The fourth-order valence-corrected chi connectivity index (χ4v) is 20.9. The molecule has 25 aromatic rings. The highest BCUT2D eigenvalue weighted by molar-refractivity contribution is 6.18. The van der Waals surface area contributed by atoms with Crippen molar-refractivity contribution in [1.82, 2.24) is 47.1 Å². The maximum atomic E-state index is 4.81. The van der Waals surface area contributed by atoms with Crippen LogP contribution in [0.25, 0.3) is 192 Å². The zero-order valence-corrected chi connectivity index (χ0v) is 74.8. The average Bonchev–Trinajstić information content (AvgIpc) is 1.62. The number of hydrogen-bond donors (Lipinski definition) is 0. The standard InChI is InChI=1S/5C22H20N3/c1-13-7-5-9-16-18(13)20-19(14(2)11-12-23-20)22-24(4)17-10-6-8-15(3)21(17)25(16)22;1-13-8-9-16-18(12-13)24(4)22-20-15(3)10-11-23-21(20)19-14(2)6-5-7-17(19)25(16)22;1-13-8-9-16-18(12-13)25-17-7-5-6-14(2)19(17)21-20(22(25)24(16)4)15(3)10-11-23-21;1-13-9-10-23-21-16-11-14(2)15(3)12-19(16)25-18-8-6-5-7-17(18)24(4)22(25)20(13)21;1-13-9-10-15(3)21-18(13)20-19(14(2)11-12-23-20)22-24(4)16-7-5-6-8-17(16)25(21)22/h5*5-12H,1-4H3/q5*+1. The van der Waals surface area contributed by atoms with Crippen LogP contribution in [-0.2, 0) is 35.2 Å². The van der Waals surface area contributed by atoms with Gasteiger partial charge in [-0.15, -0.1) is 0 Å². The van der Waals surface area contributed by atoms with Gasteiger partial charge in [0.2, 0.25) is 0 Å². The molecule has 0 atom stereocenters. The Balaban J connectivity index is 0.0000000956. The van der Waals surface area contributed by atoms with Gasteiger partial charge in [-0.05, 0) is 297 Å². The lowest BCUT2D eigenvalue weighted by molar-refractivity contribution is -0.617. The molecule has 0 saturated heterocycles. The van der Waals surface area contributed by atoms with Crippen LogP contribution < -0.4 is 22.7 Å². The molecule has 0 aliphatic heterocycles. The Kier molecular flexibility index (Phi) is 18.0. The van der Waals surface area contributed by atoms with Crippen molar-refractivity contribution in [2.24, 2.45) is 35.2 Å². The van der Waals surface area contributed by atoms with Crippen molar-refractivity contribution in [3.8, 4) is 0 Å². The van der Waals surface area contributed by atoms with Crippen LogP contribution in [0.2, 0.25) is 0 Å².